The molecule has 0 radical (unpaired) electrons. The second kappa shape index (κ2) is 6.60. The second-order valence-corrected chi connectivity index (χ2v) is 5.57. The number of hydrogen-bond acceptors (Lipinski definition) is 2. The predicted molar refractivity (Wildman–Crippen MR) is 78.7 cm³/mol. The Morgan fingerprint density at radius 1 is 1.26 bits per heavy atom. The zero-order valence-electron chi connectivity index (χ0n) is 12.9. The summed E-state index contributed by atoms with van der Waals surface area (Å²) in [7, 11) is 1.80. The lowest BCUT2D eigenvalue weighted by atomic mass is 10.0. The predicted octanol–water partition coefficient (Wildman–Crippen LogP) is 3.36. The van der Waals surface area contributed by atoms with E-state index in [4.69, 9.17) is 4.74 Å². The van der Waals surface area contributed by atoms with E-state index in [2.05, 4.69) is 19.9 Å². The summed E-state index contributed by atoms with van der Waals surface area (Å²) in [6.45, 7) is 10.4. The van der Waals surface area contributed by atoms with Crippen LogP contribution in [0.1, 0.15) is 44.7 Å². The van der Waals surface area contributed by atoms with Crippen LogP contribution in [0.2, 0.25) is 0 Å². The minimum Gasteiger partial charge on any atom is -0.483 e. The number of hydrogen-bond donors (Lipinski definition) is 0. The number of carbonyl (C=O) groups excluding carboxylic acids is 1. The summed E-state index contributed by atoms with van der Waals surface area (Å²) in [5.41, 5.74) is 2.29. The maximum absolute atomic E-state index is 11.9. The third kappa shape index (κ3) is 4.27. The van der Waals surface area contributed by atoms with Crippen LogP contribution < -0.4 is 4.74 Å². The van der Waals surface area contributed by atoms with Gasteiger partial charge in [-0.25, -0.2) is 0 Å². The number of aryl methyl sites for hydroxylation is 1. The zero-order chi connectivity index (χ0) is 14.6. The highest BCUT2D eigenvalue weighted by molar-refractivity contribution is 5.77. The number of benzene rings is 1. The number of nitrogens with zero attached hydrogens (tertiary/aromatic N) is 1. The maximum atomic E-state index is 11.9. The molecule has 0 saturated heterocycles. The Balaban J connectivity index is 2.72. The third-order valence-electron chi connectivity index (χ3n) is 3.40. The topological polar surface area (TPSA) is 29.5 Å². The molecule has 0 bridgehead atoms. The van der Waals surface area contributed by atoms with Crippen molar-refractivity contribution in [2.45, 2.75) is 46.6 Å². The zero-order valence-corrected chi connectivity index (χ0v) is 12.9. The van der Waals surface area contributed by atoms with Crippen LogP contribution in [0.25, 0.3) is 0 Å². The fourth-order valence-electron chi connectivity index (χ4n) is 1.66. The average Bonchev–Trinajstić information content (AvgIpc) is 2.35. The molecule has 0 saturated carbocycles. The van der Waals surface area contributed by atoms with Crippen LogP contribution in [-0.4, -0.2) is 30.5 Å². The van der Waals surface area contributed by atoms with Crippen molar-refractivity contribution in [3.8, 4) is 5.75 Å². The first-order chi connectivity index (χ1) is 8.82. The Morgan fingerprint density at radius 3 is 2.42 bits per heavy atom. The van der Waals surface area contributed by atoms with Gasteiger partial charge in [0.05, 0.1) is 0 Å². The maximum Gasteiger partial charge on any atom is 0.260 e. The van der Waals surface area contributed by atoms with E-state index >= 15 is 0 Å². The summed E-state index contributed by atoms with van der Waals surface area (Å²) in [4.78, 5) is 13.6. The molecule has 0 heterocycles. The van der Waals surface area contributed by atoms with Crippen LogP contribution in [0.4, 0.5) is 0 Å². The molecule has 0 atom stereocenters. The van der Waals surface area contributed by atoms with Gasteiger partial charge >= 0.3 is 0 Å². The van der Waals surface area contributed by atoms with Gasteiger partial charge < -0.3 is 9.64 Å². The number of amides is 1. The summed E-state index contributed by atoms with van der Waals surface area (Å²) in [5.74, 6) is 1.26. The first-order valence-electron chi connectivity index (χ1n) is 6.82. The molecule has 3 nitrogen and oxygen atoms in total. The van der Waals surface area contributed by atoms with Gasteiger partial charge in [0.25, 0.3) is 5.91 Å². The molecule has 0 aliphatic carbocycles. The van der Waals surface area contributed by atoms with Gasteiger partial charge in [-0.15, -0.1) is 0 Å². The third-order valence-corrected chi connectivity index (χ3v) is 3.40. The van der Waals surface area contributed by atoms with E-state index in [1.54, 1.807) is 11.9 Å². The molecule has 0 aliphatic heterocycles. The van der Waals surface area contributed by atoms with Gasteiger partial charge in [0.15, 0.2) is 6.61 Å². The molecule has 0 aromatic heterocycles. The Morgan fingerprint density at radius 2 is 1.89 bits per heavy atom. The Labute approximate surface area is 116 Å². The normalized spacial score (nSPS) is 10.9. The number of carbonyl (C=O) groups is 1. The molecule has 0 unspecified atom stereocenters. The van der Waals surface area contributed by atoms with E-state index < -0.39 is 0 Å². The van der Waals surface area contributed by atoms with Crippen LogP contribution >= 0.6 is 0 Å². The van der Waals surface area contributed by atoms with Gasteiger partial charge in [-0.3, -0.25) is 4.79 Å². The van der Waals surface area contributed by atoms with E-state index in [9.17, 15) is 4.79 Å². The summed E-state index contributed by atoms with van der Waals surface area (Å²) in [5, 5.41) is 0. The fraction of sp³-hybridized carbons (Fsp3) is 0.562. The molecule has 0 aliphatic rings. The molecule has 19 heavy (non-hydrogen) atoms. The van der Waals surface area contributed by atoms with Crippen LogP contribution in [-0.2, 0) is 4.79 Å². The van der Waals surface area contributed by atoms with Crippen molar-refractivity contribution in [3.05, 3.63) is 29.3 Å². The van der Waals surface area contributed by atoms with E-state index in [1.165, 1.54) is 5.56 Å². The van der Waals surface area contributed by atoms with Gasteiger partial charge in [0, 0.05) is 13.1 Å². The molecule has 1 amide bonds. The lowest BCUT2D eigenvalue weighted by Gasteiger charge is -2.22. The molecule has 0 fully saturated rings. The SMILES string of the molecule is Cc1ccc(C(C)C)cc1OCC(=O)N(C)C(C)C. The highest BCUT2D eigenvalue weighted by Gasteiger charge is 2.13. The lowest BCUT2D eigenvalue weighted by molar-refractivity contribution is -0.133. The van der Waals surface area contributed by atoms with E-state index in [-0.39, 0.29) is 18.6 Å². The van der Waals surface area contributed by atoms with Crippen molar-refractivity contribution < 1.29 is 9.53 Å². The largest absolute Gasteiger partial charge is 0.483 e. The van der Waals surface area contributed by atoms with Crippen LogP contribution in [0.5, 0.6) is 5.75 Å². The highest BCUT2D eigenvalue weighted by atomic mass is 16.5. The van der Waals surface area contributed by atoms with Crippen molar-refractivity contribution in [2.75, 3.05) is 13.7 Å². The van der Waals surface area contributed by atoms with Gasteiger partial charge in [0.1, 0.15) is 5.75 Å². The second-order valence-electron chi connectivity index (χ2n) is 5.57. The average molecular weight is 263 g/mol. The smallest absolute Gasteiger partial charge is 0.260 e. The van der Waals surface area contributed by atoms with Crippen LogP contribution in [0.3, 0.4) is 0 Å². The standard InChI is InChI=1S/C16H25NO2/c1-11(2)14-8-7-13(5)15(9-14)19-10-16(18)17(6)12(3)4/h7-9,11-12H,10H2,1-6H3. The molecule has 1 rings (SSSR count). The summed E-state index contributed by atoms with van der Waals surface area (Å²) in [6, 6.07) is 6.37. The first-order valence-corrected chi connectivity index (χ1v) is 6.82. The monoisotopic (exact) mass is 263 g/mol. The minimum absolute atomic E-state index is 0.00403. The van der Waals surface area contributed by atoms with Crippen molar-refractivity contribution in [3.63, 3.8) is 0 Å². The quantitative estimate of drug-likeness (QED) is 0.815. The molecule has 1 aromatic rings. The van der Waals surface area contributed by atoms with Gasteiger partial charge in [-0.1, -0.05) is 26.0 Å². The van der Waals surface area contributed by atoms with Crippen LogP contribution in [0, 0.1) is 6.92 Å². The Hall–Kier alpha value is -1.51. The number of ether oxygens (including phenoxy) is 1. The van der Waals surface area contributed by atoms with Crippen LogP contribution in [0.15, 0.2) is 18.2 Å². The lowest BCUT2D eigenvalue weighted by Crippen LogP contribution is -2.36. The van der Waals surface area contributed by atoms with E-state index in [0.29, 0.717) is 5.92 Å². The molecule has 0 N–H and O–H groups in total. The molecular weight excluding hydrogens is 238 g/mol. The molecule has 0 spiro atoms. The molecular formula is C16H25NO2. The minimum atomic E-state index is 0.00403. The van der Waals surface area contributed by atoms with Crippen molar-refractivity contribution in [1.82, 2.24) is 4.90 Å². The highest BCUT2D eigenvalue weighted by Crippen LogP contribution is 2.24. The summed E-state index contributed by atoms with van der Waals surface area (Å²) < 4.78 is 5.67. The van der Waals surface area contributed by atoms with E-state index in [1.807, 2.05) is 32.9 Å². The summed E-state index contributed by atoms with van der Waals surface area (Å²) in [6.07, 6.45) is 0. The van der Waals surface area contributed by atoms with E-state index in [0.717, 1.165) is 11.3 Å². The first kappa shape index (κ1) is 15.5. The Kier molecular flexibility index (Phi) is 5.40. The molecule has 106 valence electrons. The van der Waals surface area contributed by atoms with Gasteiger partial charge in [-0.05, 0) is 43.9 Å². The Bertz CT molecular complexity index is 438. The van der Waals surface area contributed by atoms with Crippen molar-refractivity contribution in [1.29, 1.82) is 0 Å². The van der Waals surface area contributed by atoms with Crippen molar-refractivity contribution in [2.24, 2.45) is 0 Å². The molecule has 3 heteroatoms. The number of likely N-dealkylation sites (N-methyl/N-ethyl adjacent to an activating group) is 1. The van der Waals surface area contributed by atoms with Crippen molar-refractivity contribution >= 4 is 5.91 Å². The number of rotatable bonds is 5. The summed E-state index contributed by atoms with van der Waals surface area (Å²) >= 11 is 0. The fourth-order valence-corrected chi connectivity index (χ4v) is 1.66. The molecule has 1 aromatic carbocycles. The van der Waals surface area contributed by atoms with Gasteiger partial charge in [-0.2, -0.15) is 0 Å². The van der Waals surface area contributed by atoms with Gasteiger partial charge in [0.2, 0.25) is 0 Å².